The highest BCUT2D eigenvalue weighted by molar-refractivity contribution is 7.80. The molecule has 0 aliphatic heterocycles. The molecule has 0 unspecified atom stereocenters. The van der Waals surface area contributed by atoms with Crippen LogP contribution in [0.1, 0.15) is 43.9 Å². The van der Waals surface area contributed by atoms with Gasteiger partial charge in [0, 0.05) is 17.8 Å². The second-order valence-corrected chi connectivity index (χ2v) is 6.19. The van der Waals surface area contributed by atoms with Gasteiger partial charge in [-0.05, 0) is 43.7 Å². The summed E-state index contributed by atoms with van der Waals surface area (Å²) in [5.41, 5.74) is 7.52. The Balaban J connectivity index is 1.94. The molecule has 1 aromatic rings. The zero-order chi connectivity index (χ0) is 13.8. The molecule has 1 saturated carbocycles. The van der Waals surface area contributed by atoms with Crippen LogP contribution in [0, 0.1) is 18.8 Å². The van der Waals surface area contributed by atoms with E-state index in [2.05, 4.69) is 17.2 Å². The van der Waals surface area contributed by atoms with Gasteiger partial charge in [-0.15, -0.1) is 0 Å². The maximum Gasteiger partial charge on any atom is 0.126 e. The van der Waals surface area contributed by atoms with Crippen LogP contribution in [-0.4, -0.2) is 16.5 Å². The summed E-state index contributed by atoms with van der Waals surface area (Å²) in [6.07, 6.45) is 5.35. The molecular formula is C15H23N3S. The number of hydrogen-bond donors (Lipinski definition) is 2. The molecule has 4 heteroatoms. The molecule has 104 valence electrons. The molecule has 2 rings (SSSR count). The van der Waals surface area contributed by atoms with Crippen LogP contribution in [0.5, 0.6) is 0 Å². The summed E-state index contributed by atoms with van der Waals surface area (Å²) in [5.74, 6) is 2.56. The topological polar surface area (TPSA) is 50.9 Å². The number of nitrogens with zero attached hydrogens (tertiary/aromatic N) is 1. The smallest absolute Gasteiger partial charge is 0.126 e. The average molecular weight is 277 g/mol. The van der Waals surface area contributed by atoms with Gasteiger partial charge in [-0.1, -0.05) is 32.0 Å². The number of aromatic nitrogens is 1. The molecule has 1 heterocycles. The maximum atomic E-state index is 5.68. The van der Waals surface area contributed by atoms with Gasteiger partial charge in [0.05, 0.1) is 0 Å². The molecule has 1 aliphatic carbocycles. The van der Waals surface area contributed by atoms with Gasteiger partial charge in [-0.2, -0.15) is 0 Å². The van der Waals surface area contributed by atoms with Crippen LogP contribution in [0.15, 0.2) is 12.1 Å². The minimum Gasteiger partial charge on any atom is -0.389 e. The Kier molecular flexibility index (Phi) is 4.75. The Morgan fingerprint density at radius 1 is 1.37 bits per heavy atom. The van der Waals surface area contributed by atoms with E-state index in [-0.39, 0.29) is 0 Å². The third-order valence-corrected chi connectivity index (χ3v) is 4.18. The monoisotopic (exact) mass is 277 g/mol. The van der Waals surface area contributed by atoms with Crippen molar-refractivity contribution in [1.82, 2.24) is 4.98 Å². The molecule has 1 aromatic heterocycles. The molecule has 3 N–H and O–H groups in total. The first-order valence-corrected chi connectivity index (χ1v) is 7.48. The Morgan fingerprint density at radius 2 is 2.05 bits per heavy atom. The molecule has 0 bridgehead atoms. The quantitative estimate of drug-likeness (QED) is 0.829. The molecule has 0 atom stereocenters. The highest BCUT2D eigenvalue weighted by Crippen LogP contribution is 2.28. The molecular weight excluding hydrogens is 254 g/mol. The van der Waals surface area contributed by atoms with Crippen LogP contribution in [0.25, 0.3) is 0 Å². The Morgan fingerprint density at radius 3 is 2.68 bits per heavy atom. The Labute approximate surface area is 121 Å². The Bertz CT molecular complexity index is 451. The first kappa shape index (κ1) is 14.3. The number of rotatable bonds is 4. The van der Waals surface area contributed by atoms with Crippen molar-refractivity contribution in [2.24, 2.45) is 17.6 Å². The molecule has 19 heavy (non-hydrogen) atoms. The zero-order valence-electron chi connectivity index (χ0n) is 11.8. The summed E-state index contributed by atoms with van der Waals surface area (Å²) >= 11 is 5.03. The van der Waals surface area contributed by atoms with Crippen LogP contribution in [0.2, 0.25) is 0 Å². The SMILES string of the molecule is Cc1cc(C(N)=S)cc(NCC2CCC(C)CC2)n1. The van der Waals surface area contributed by atoms with Crippen molar-refractivity contribution in [1.29, 1.82) is 0 Å². The summed E-state index contributed by atoms with van der Waals surface area (Å²) in [4.78, 5) is 4.92. The first-order valence-electron chi connectivity index (χ1n) is 7.07. The molecule has 1 aliphatic rings. The van der Waals surface area contributed by atoms with Crippen LogP contribution < -0.4 is 11.1 Å². The van der Waals surface area contributed by atoms with Crippen molar-refractivity contribution >= 4 is 23.0 Å². The maximum absolute atomic E-state index is 5.68. The van der Waals surface area contributed by atoms with E-state index in [1.54, 1.807) is 0 Å². The lowest BCUT2D eigenvalue weighted by atomic mass is 9.83. The minimum atomic E-state index is 0.431. The number of anilines is 1. The molecule has 3 nitrogen and oxygen atoms in total. The molecule has 0 saturated heterocycles. The molecule has 0 radical (unpaired) electrons. The van der Waals surface area contributed by atoms with Crippen molar-refractivity contribution in [2.75, 3.05) is 11.9 Å². The van der Waals surface area contributed by atoms with Crippen LogP contribution in [0.3, 0.4) is 0 Å². The predicted molar refractivity (Wildman–Crippen MR) is 84.5 cm³/mol. The van der Waals surface area contributed by atoms with Gasteiger partial charge in [0.1, 0.15) is 10.8 Å². The van der Waals surface area contributed by atoms with Gasteiger partial charge in [0.25, 0.3) is 0 Å². The largest absolute Gasteiger partial charge is 0.389 e. The number of nitrogens with one attached hydrogen (secondary N) is 1. The highest BCUT2D eigenvalue weighted by atomic mass is 32.1. The van der Waals surface area contributed by atoms with E-state index in [1.165, 1.54) is 25.7 Å². The van der Waals surface area contributed by atoms with Gasteiger partial charge in [-0.3, -0.25) is 0 Å². The summed E-state index contributed by atoms with van der Waals surface area (Å²) in [6, 6.07) is 3.87. The second-order valence-electron chi connectivity index (χ2n) is 5.75. The van der Waals surface area contributed by atoms with E-state index in [0.29, 0.717) is 4.99 Å². The van der Waals surface area contributed by atoms with E-state index < -0.39 is 0 Å². The van der Waals surface area contributed by atoms with E-state index in [1.807, 2.05) is 19.1 Å². The van der Waals surface area contributed by atoms with Crippen LogP contribution >= 0.6 is 12.2 Å². The lowest BCUT2D eigenvalue weighted by molar-refractivity contribution is 0.300. The molecule has 0 aromatic carbocycles. The molecule has 1 fully saturated rings. The number of thiocarbonyl (C=S) groups is 1. The van der Waals surface area contributed by atoms with Gasteiger partial charge >= 0.3 is 0 Å². The van der Waals surface area contributed by atoms with E-state index >= 15 is 0 Å². The second kappa shape index (κ2) is 6.33. The van der Waals surface area contributed by atoms with Gasteiger partial charge in [0.15, 0.2) is 0 Å². The Hall–Kier alpha value is -1.16. The average Bonchev–Trinajstić information content (AvgIpc) is 2.37. The fourth-order valence-corrected chi connectivity index (χ4v) is 2.80. The highest BCUT2D eigenvalue weighted by Gasteiger charge is 2.18. The first-order chi connectivity index (χ1) is 9.04. The molecule has 0 spiro atoms. The fraction of sp³-hybridized carbons (Fsp3) is 0.600. The van der Waals surface area contributed by atoms with E-state index in [4.69, 9.17) is 18.0 Å². The van der Waals surface area contributed by atoms with E-state index in [0.717, 1.165) is 35.5 Å². The van der Waals surface area contributed by atoms with Crippen LogP contribution in [-0.2, 0) is 0 Å². The van der Waals surface area contributed by atoms with Crippen molar-refractivity contribution in [2.45, 2.75) is 39.5 Å². The molecule has 0 amide bonds. The summed E-state index contributed by atoms with van der Waals surface area (Å²) in [7, 11) is 0. The predicted octanol–water partition coefficient (Wildman–Crippen LogP) is 3.26. The normalized spacial score (nSPS) is 23.1. The van der Waals surface area contributed by atoms with Gasteiger partial charge < -0.3 is 11.1 Å². The van der Waals surface area contributed by atoms with E-state index in [9.17, 15) is 0 Å². The van der Waals surface area contributed by atoms with Crippen molar-refractivity contribution in [3.05, 3.63) is 23.4 Å². The van der Waals surface area contributed by atoms with Crippen molar-refractivity contribution < 1.29 is 0 Å². The van der Waals surface area contributed by atoms with Gasteiger partial charge in [0.2, 0.25) is 0 Å². The van der Waals surface area contributed by atoms with Crippen LogP contribution in [0.4, 0.5) is 5.82 Å². The summed E-state index contributed by atoms with van der Waals surface area (Å²) < 4.78 is 0. The van der Waals surface area contributed by atoms with Gasteiger partial charge in [-0.25, -0.2) is 4.98 Å². The number of nitrogens with two attached hydrogens (primary N) is 1. The third kappa shape index (κ3) is 4.16. The lowest BCUT2D eigenvalue weighted by Crippen LogP contribution is -2.21. The third-order valence-electron chi connectivity index (χ3n) is 3.95. The van der Waals surface area contributed by atoms with Crippen molar-refractivity contribution in [3.8, 4) is 0 Å². The number of hydrogen-bond acceptors (Lipinski definition) is 3. The number of aryl methyl sites for hydroxylation is 1. The minimum absolute atomic E-state index is 0.431. The van der Waals surface area contributed by atoms with Crippen molar-refractivity contribution in [3.63, 3.8) is 0 Å². The zero-order valence-corrected chi connectivity index (χ0v) is 12.6. The fourth-order valence-electron chi connectivity index (χ4n) is 2.68. The summed E-state index contributed by atoms with van der Waals surface area (Å²) in [5, 5.41) is 3.44. The summed E-state index contributed by atoms with van der Waals surface area (Å²) in [6.45, 7) is 5.31. The standard InChI is InChI=1S/C15H23N3S/c1-10-3-5-12(6-4-10)9-17-14-8-13(15(16)19)7-11(2)18-14/h7-8,10,12H,3-6,9H2,1-2H3,(H2,16,19)(H,17,18). The lowest BCUT2D eigenvalue weighted by Gasteiger charge is -2.26. The number of pyridine rings is 1.